The van der Waals surface area contributed by atoms with Crippen LogP contribution in [-0.2, 0) is 4.79 Å². The van der Waals surface area contributed by atoms with Gasteiger partial charge in [-0.2, -0.15) is 0 Å². The molecule has 1 fully saturated rings. The van der Waals surface area contributed by atoms with Gasteiger partial charge in [0.1, 0.15) is 5.75 Å². The Bertz CT molecular complexity index is 427. The van der Waals surface area contributed by atoms with Gasteiger partial charge in [0.2, 0.25) is 0 Å². The number of phenolic OH excluding ortho intramolecular Hbond substituents is 1. The van der Waals surface area contributed by atoms with Gasteiger partial charge < -0.3 is 10.2 Å². The highest BCUT2D eigenvalue weighted by Gasteiger charge is 2.35. The van der Waals surface area contributed by atoms with Crippen LogP contribution in [-0.4, -0.2) is 22.4 Å². The van der Waals surface area contributed by atoms with Crippen LogP contribution in [0.1, 0.15) is 30.7 Å². The topological polar surface area (TPSA) is 57.5 Å². The zero-order chi connectivity index (χ0) is 12.4. The summed E-state index contributed by atoms with van der Waals surface area (Å²) in [5.74, 6) is -0.175. The fourth-order valence-electron chi connectivity index (χ4n) is 2.18. The highest BCUT2D eigenvalue weighted by molar-refractivity contribution is 7.98. The van der Waals surface area contributed by atoms with Crippen molar-refractivity contribution in [3.05, 3.63) is 23.8 Å². The summed E-state index contributed by atoms with van der Waals surface area (Å²) >= 11 is 1.56. The molecule has 1 aliphatic carbocycles. The minimum Gasteiger partial charge on any atom is -0.508 e. The lowest BCUT2D eigenvalue weighted by Gasteiger charge is -2.16. The van der Waals surface area contributed by atoms with E-state index < -0.39 is 5.97 Å². The number of thioether (sulfide) groups is 1. The molecule has 0 aliphatic heterocycles. The van der Waals surface area contributed by atoms with E-state index in [1.54, 1.807) is 17.8 Å². The van der Waals surface area contributed by atoms with E-state index in [2.05, 4.69) is 0 Å². The number of rotatable bonds is 5. The van der Waals surface area contributed by atoms with E-state index in [1.165, 1.54) is 0 Å². The molecule has 0 saturated heterocycles. The number of aliphatic carboxylic acids is 1. The Balaban J connectivity index is 2.25. The van der Waals surface area contributed by atoms with Gasteiger partial charge in [0.05, 0.1) is 6.42 Å². The van der Waals surface area contributed by atoms with Crippen LogP contribution in [0.15, 0.2) is 23.1 Å². The predicted octanol–water partition coefficient (Wildman–Crippen LogP) is 3.08. The van der Waals surface area contributed by atoms with Gasteiger partial charge in [0, 0.05) is 10.8 Å². The van der Waals surface area contributed by atoms with Crippen molar-refractivity contribution >= 4 is 17.7 Å². The van der Waals surface area contributed by atoms with Gasteiger partial charge in [0.25, 0.3) is 0 Å². The third-order valence-electron chi connectivity index (χ3n) is 3.22. The van der Waals surface area contributed by atoms with Gasteiger partial charge in [-0.05, 0) is 42.7 Å². The summed E-state index contributed by atoms with van der Waals surface area (Å²) in [5, 5.41) is 18.9. The molecule has 1 atom stereocenters. The highest BCUT2D eigenvalue weighted by Crippen LogP contribution is 2.47. The first-order chi connectivity index (χ1) is 8.11. The van der Waals surface area contributed by atoms with E-state index in [-0.39, 0.29) is 18.1 Å². The molecule has 92 valence electrons. The summed E-state index contributed by atoms with van der Waals surface area (Å²) in [6.45, 7) is 0. The normalized spacial score (nSPS) is 16.8. The SMILES string of the molecule is CSc1ccc(C(CC(=O)O)C2CC2)c(O)c1. The average Bonchev–Trinajstić information content (AvgIpc) is 3.09. The third-order valence-corrected chi connectivity index (χ3v) is 3.95. The van der Waals surface area contributed by atoms with Crippen LogP contribution < -0.4 is 0 Å². The maximum atomic E-state index is 10.9. The van der Waals surface area contributed by atoms with Crippen molar-refractivity contribution in [3.8, 4) is 5.75 Å². The lowest BCUT2D eigenvalue weighted by atomic mass is 9.90. The number of benzene rings is 1. The fourth-order valence-corrected chi connectivity index (χ4v) is 2.61. The summed E-state index contributed by atoms with van der Waals surface area (Å²) in [7, 11) is 0. The van der Waals surface area contributed by atoms with Crippen molar-refractivity contribution in [2.24, 2.45) is 5.92 Å². The molecule has 1 aromatic rings. The van der Waals surface area contributed by atoms with Crippen molar-refractivity contribution in [1.29, 1.82) is 0 Å². The molecule has 2 rings (SSSR count). The van der Waals surface area contributed by atoms with E-state index in [1.807, 2.05) is 18.4 Å². The number of hydrogen-bond acceptors (Lipinski definition) is 3. The standard InChI is InChI=1S/C13H16O3S/c1-17-9-4-5-10(12(14)6-9)11(7-13(15)16)8-2-3-8/h4-6,8,11,14H,2-3,7H2,1H3,(H,15,16). The third kappa shape index (κ3) is 2.94. The maximum absolute atomic E-state index is 10.9. The number of hydrogen-bond donors (Lipinski definition) is 2. The van der Waals surface area contributed by atoms with Gasteiger partial charge in [-0.3, -0.25) is 4.79 Å². The van der Waals surface area contributed by atoms with Gasteiger partial charge in [-0.1, -0.05) is 6.07 Å². The second-order valence-electron chi connectivity index (χ2n) is 4.47. The smallest absolute Gasteiger partial charge is 0.303 e. The molecule has 0 spiro atoms. The Morgan fingerprint density at radius 3 is 2.71 bits per heavy atom. The van der Waals surface area contributed by atoms with Gasteiger partial charge in [-0.15, -0.1) is 11.8 Å². The van der Waals surface area contributed by atoms with E-state index in [0.717, 1.165) is 23.3 Å². The van der Waals surface area contributed by atoms with Crippen molar-refractivity contribution in [1.82, 2.24) is 0 Å². The lowest BCUT2D eigenvalue weighted by Crippen LogP contribution is -2.08. The Hall–Kier alpha value is -1.16. The first-order valence-electron chi connectivity index (χ1n) is 5.70. The molecule has 0 aromatic heterocycles. The molecule has 4 heteroatoms. The van der Waals surface area contributed by atoms with E-state index >= 15 is 0 Å². The quantitative estimate of drug-likeness (QED) is 0.791. The van der Waals surface area contributed by atoms with E-state index in [0.29, 0.717) is 5.92 Å². The summed E-state index contributed by atoms with van der Waals surface area (Å²) in [4.78, 5) is 11.9. The maximum Gasteiger partial charge on any atom is 0.303 e. The molecule has 17 heavy (non-hydrogen) atoms. The highest BCUT2D eigenvalue weighted by atomic mass is 32.2. The Morgan fingerprint density at radius 2 is 2.24 bits per heavy atom. The van der Waals surface area contributed by atoms with Crippen LogP contribution in [0.3, 0.4) is 0 Å². The Morgan fingerprint density at radius 1 is 1.53 bits per heavy atom. The summed E-state index contributed by atoms with van der Waals surface area (Å²) in [6.07, 6.45) is 4.20. The second kappa shape index (κ2) is 5.00. The minimum absolute atomic E-state index is 0.0385. The average molecular weight is 252 g/mol. The zero-order valence-electron chi connectivity index (χ0n) is 9.72. The lowest BCUT2D eigenvalue weighted by molar-refractivity contribution is -0.137. The van der Waals surface area contributed by atoms with E-state index in [9.17, 15) is 9.90 Å². The zero-order valence-corrected chi connectivity index (χ0v) is 10.5. The second-order valence-corrected chi connectivity index (χ2v) is 5.35. The summed E-state index contributed by atoms with van der Waals surface area (Å²) in [5.41, 5.74) is 0.785. The first-order valence-corrected chi connectivity index (χ1v) is 6.93. The largest absolute Gasteiger partial charge is 0.508 e. The van der Waals surface area contributed by atoms with Crippen LogP contribution in [0.5, 0.6) is 5.75 Å². The fraction of sp³-hybridized carbons (Fsp3) is 0.462. The van der Waals surface area contributed by atoms with Crippen LogP contribution in [0.2, 0.25) is 0 Å². The molecule has 1 saturated carbocycles. The first kappa shape index (κ1) is 12.3. The molecular weight excluding hydrogens is 236 g/mol. The monoisotopic (exact) mass is 252 g/mol. The van der Waals surface area contributed by atoms with Crippen LogP contribution in [0.4, 0.5) is 0 Å². The summed E-state index contributed by atoms with van der Waals surface area (Å²) in [6, 6.07) is 5.53. The number of carboxylic acid groups (broad SMARTS) is 1. The van der Waals surface area contributed by atoms with Gasteiger partial charge in [-0.25, -0.2) is 0 Å². The van der Waals surface area contributed by atoms with Gasteiger partial charge >= 0.3 is 5.97 Å². The number of phenols is 1. The molecule has 0 amide bonds. The Kier molecular flexibility index (Phi) is 3.62. The molecular formula is C13H16O3S. The van der Waals surface area contributed by atoms with Crippen LogP contribution >= 0.6 is 11.8 Å². The molecule has 3 nitrogen and oxygen atoms in total. The molecule has 2 N–H and O–H groups in total. The van der Waals surface area contributed by atoms with Gasteiger partial charge in [0.15, 0.2) is 0 Å². The predicted molar refractivity (Wildman–Crippen MR) is 67.6 cm³/mol. The van der Waals surface area contributed by atoms with Crippen molar-refractivity contribution in [2.75, 3.05) is 6.26 Å². The molecule has 1 aromatic carbocycles. The van der Waals surface area contributed by atoms with Crippen molar-refractivity contribution in [2.45, 2.75) is 30.1 Å². The Labute approximate surface area is 105 Å². The minimum atomic E-state index is -0.796. The molecule has 0 radical (unpaired) electrons. The number of aromatic hydroxyl groups is 1. The molecule has 0 bridgehead atoms. The van der Waals surface area contributed by atoms with Crippen molar-refractivity contribution < 1.29 is 15.0 Å². The number of carbonyl (C=O) groups is 1. The van der Waals surface area contributed by atoms with E-state index in [4.69, 9.17) is 5.11 Å². The number of carboxylic acids is 1. The molecule has 1 aliphatic rings. The molecule has 1 unspecified atom stereocenters. The van der Waals surface area contributed by atoms with Crippen LogP contribution in [0, 0.1) is 5.92 Å². The summed E-state index contributed by atoms with van der Waals surface area (Å²) < 4.78 is 0. The van der Waals surface area contributed by atoms with Crippen molar-refractivity contribution in [3.63, 3.8) is 0 Å². The van der Waals surface area contributed by atoms with Crippen LogP contribution in [0.25, 0.3) is 0 Å². The molecule has 0 heterocycles.